The summed E-state index contributed by atoms with van der Waals surface area (Å²) in [6.45, 7) is 1.30. The van der Waals surface area contributed by atoms with Gasteiger partial charge in [-0.25, -0.2) is 8.42 Å². The van der Waals surface area contributed by atoms with E-state index in [1.54, 1.807) is 14.1 Å². The lowest BCUT2D eigenvalue weighted by Gasteiger charge is -2.45. The number of fused-ring (bicyclic) bond motifs is 1. The lowest BCUT2D eigenvalue weighted by molar-refractivity contribution is -0.143. The SMILES string of the molecule is CN(C)C(=O)CN1CCN(C(=O)C2CCCCC2)[C@H]2CS(=O)(=O)C[C@H]21. The van der Waals surface area contributed by atoms with E-state index in [0.717, 1.165) is 25.7 Å². The van der Waals surface area contributed by atoms with Gasteiger partial charge in [0.1, 0.15) is 0 Å². The molecule has 0 aromatic heterocycles. The summed E-state index contributed by atoms with van der Waals surface area (Å²) in [4.78, 5) is 30.4. The number of piperazine rings is 1. The summed E-state index contributed by atoms with van der Waals surface area (Å²) >= 11 is 0. The Morgan fingerprint density at radius 2 is 1.64 bits per heavy atom. The molecular weight excluding hydrogens is 342 g/mol. The number of hydrogen-bond acceptors (Lipinski definition) is 5. The zero-order valence-corrected chi connectivity index (χ0v) is 16.0. The van der Waals surface area contributed by atoms with Crippen molar-refractivity contribution in [3.8, 4) is 0 Å². The number of hydrogen-bond donors (Lipinski definition) is 0. The molecule has 7 nitrogen and oxygen atoms in total. The highest BCUT2D eigenvalue weighted by atomic mass is 32.2. The van der Waals surface area contributed by atoms with E-state index in [0.29, 0.717) is 13.1 Å². The molecule has 2 heterocycles. The first-order chi connectivity index (χ1) is 11.8. The second-order valence-corrected chi connectivity index (χ2v) is 9.99. The molecule has 0 N–H and O–H groups in total. The summed E-state index contributed by atoms with van der Waals surface area (Å²) in [5, 5.41) is 0. The Bertz CT molecular complexity index is 628. The number of amides is 2. The first-order valence-electron chi connectivity index (χ1n) is 9.23. The van der Waals surface area contributed by atoms with Crippen LogP contribution in [0, 0.1) is 5.92 Å². The van der Waals surface area contributed by atoms with E-state index in [-0.39, 0.29) is 47.9 Å². The van der Waals surface area contributed by atoms with Gasteiger partial charge in [0.05, 0.1) is 24.1 Å². The van der Waals surface area contributed by atoms with E-state index in [1.165, 1.54) is 11.3 Å². The second kappa shape index (κ2) is 7.23. The molecule has 2 aliphatic heterocycles. The third-order valence-electron chi connectivity index (χ3n) is 5.87. The molecular formula is C17H29N3O4S. The summed E-state index contributed by atoms with van der Waals surface area (Å²) < 4.78 is 24.5. The molecule has 3 rings (SSSR count). The molecule has 1 aliphatic carbocycles. The normalized spacial score (nSPS) is 30.1. The van der Waals surface area contributed by atoms with E-state index in [1.807, 2.05) is 9.80 Å². The van der Waals surface area contributed by atoms with Crippen LogP contribution in [0.5, 0.6) is 0 Å². The van der Waals surface area contributed by atoms with Crippen molar-refractivity contribution in [3.05, 3.63) is 0 Å². The zero-order valence-electron chi connectivity index (χ0n) is 15.2. The minimum Gasteiger partial charge on any atom is -0.348 e. The standard InChI is InChI=1S/C17H29N3O4S/c1-18(2)16(21)10-19-8-9-20(15-12-25(23,24)11-14(15)19)17(22)13-6-4-3-5-7-13/h13-15H,3-12H2,1-2H3/t14-,15+/m1/s1. The fourth-order valence-electron chi connectivity index (χ4n) is 4.39. The molecule has 0 unspecified atom stereocenters. The van der Waals surface area contributed by atoms with Crippen LogP contribution in [-0.2, 0) is 19.4 Å². The highest BCUT2D eigenvalue weighted by Gasteiger charge is 2.49. The van der Waals surface area contributed by atoms with Crippen molar-refractivity contribution in [2.24, 2.45) is 5.92 Å². The van der Waals surface area contributed by atoms with Crippen molar-refractivity contribution in [3.63, 3.8) is 0 Å². The Hall–Kier alpha value is -1.15. The maximum absolute atomic E-state index is 13.0. The predicted molar refractivity (Wildman–Crippen MR) is 94.8 cm³/mol. The highest BCUT2D eigenvalue weighted by Crippen LogP contribution is 2.31. The molecule has 0 radical (unpaired) electrons. The van der Waals surface area contributed by atoms with Crippen LogP contribution >= 0.6 is 0 Å². The van der Waals surface area contributed by atoms with E-state index < -0.39 is 9.84 Å². The minimum absolute atomic E-state index is 0.0305. The van der Waals surface area contributed by atoms with Crippen LogP contribution in [0.2, 0.25) is 0 Å². The zero-order chi connectivity index (χ0) is 18.2. The lowest BCUT2D eigenvalue weighted by Crippen LogP contribution is -2.62. The Balaban J connectivity index is 1.76. The monoisotopic (exact) mass is 371 g/mol. The first kappa shape index (κ1) is 18.6. The number of carbonyl (C=O) groups is 2. The summed E-state index contributed by atoms with van der Waals surface area (Å²) in [6.07, 6.45) is 5.19. The largest absolute Gasteiger partial charge is 0.348 e. The average molecular weight is 372 g/mol. The van der Waals surface area contributed by atoms with Crippen molar-refractivity contribution >= 4 is 21.7 Å². The van der Waals surface area contributed by atoms with Gasteiger partial charge < -0.3 is 9.80 Å². The van der Waals surface area contributed by atoms with Gasteiger partial charge in [0.25, 0.3) is 0 Å². The van der Waals surface area contributed by atoms with Gasteiger partial charge in [-0.15, -0.1) is 0 Å². The van der Waals surface area contributed by atoms with Crippen molar-refractivity contribution in [2.45, 2.75) is 44.2 Å². The molecule has 1 saturated carbocycles. The van der Waals surface area contributed by atoms with Crippen molar-refractivity contribution < 1.29 is 18.0 Å². The van der Waals surface area contributed by atoms with Gasteiger partial charge in [-0.1, -0.05) is 19.3 Å². The van der Waals surface area contributed by atoms with Crippen LogP contribution in [0.25, 0.3) is 0 Å². The number of likely N-dealkylation sites (N-methyl/N-ethyl adjacent to an activating group) is 1. The molecule has 2 atom stereocenters. The molecule has 3 aliphatic rings. The van der Waals surface area contributed by atoms with Crippen LogP contribution in [0.4, 0.5) is 0 Å². The third kappa shape index (κ3) is 4.00. The van der Waals surface area contributed by atoms with E-state index in [4.69, 9.17) is 0 Å². The van der Waals surface area contributed by atoms with E-state index in [9.17, 15) is 18.0 Å². The van der Waals surface area contributed by atoms with Crippen LogP contribution in [0.3, 0.4) is 0 Å². The van der Waals surface area contributed by atoms with Gasteiger partial charge in [0.2, 0.25) is 11.8 Å². The molecule has 25 heavy (non-hydrogen) atoms. The van der Waals surface area contributed by atoms with Gasteiger partial charge in [0, 0.05) is 39.1 Å². The number of sulfone groups is 1. The summed E-state index contributed by atoms with van der Waals surface area (Å²) in [5.74, 6) is 0.225. The summed E-state index contributed by atoms with van der Waals surface area (Å²) in [7, 11) is 0.229. The molecule has 142 valence electrons. The van der Waals surface area contributed by atoms with Crippen LogP contribution in [-0.4, -0.2) is 92.3 Å². The maximum atomic E-state index is 13.0. The number of rotatable bonds is 3. The van der Waals surface area contributed by atoms with Gasteiger partial charge >= 0.3 is 0 Å². The average Bonchev–Trinajstić information content (AvgIpc) is 2.90. The molecule has 0 aromatic rings. The van der Waals surface area contributed by atoms with Gasteiger partial charge in [-0.3, -0.25) is 14.5 Å². The quantitative estimate of drug-likeness (QED) is 0.696. The van der Waals surface area contributed by atoms with Crippen LogP contribution in [0.15, 0.2) is 0 Å². The fourth-order valence-corrected chi connectivity index (χ4v) is 6.41. The molecule has 0 aromatic carbocycles. The van der Waals surface area contributed by atoms with Gasteiger partial charge in [0.15, 0.2) is 9.84 Å². The molecule has 0 bridgehead atoms. The Morgan fingerprint density at radius 3 is 2.28 bits per heavy atom. The molecule has 2 saturated heterocycles. The van der Waals surface area contributed by atoms with Gasteiger partial charge in [-0.2, -0.15) is 0 Å². The summed E-state index contributed by atoms with van der Waals surface area (Å²) in [6, 6.07) is -0.557. The number of nitrogens with zero attached hydrogens (tertiary/aromatic N) is 3. The first-order valence-corrected chi connectivity index (χ1v) is 11.1. The van der Waals surface area contributed by atoms with Crippen molar-refractivity contribution in [1.29, 1.82) is 0 Å². The maximum Gasteiger partial charge on any atom is 0.236 e. The Kier molecular flexibility index (Phi) is 5.39. The van der Waals surface area contributed by atoms with Crippen molar-refractivity contribution in [1.82, 2.24) is 14.7 Å². The van der Waals surface area contributed by atoms with Crippen LogP contribution < -0.4 is 0 Å². The van der Waals surface area contributed by atoms with E-state index in [2.05, 4.69) is 0 Å². The summed E-state index contributed by atoms with van der Waals surface area (Å²) in [5.41, 5.74) is 0. The highest BCUT2D eigenvalue weighted by molar-refractivity contribution is 7.91. The molecule has 8 heteroatoms. The Labute approximate surface area is 150 Å². The second-order valence-electron chi connectivity index (χ2n) is 7.84. The third-order valence-corrected chi connectivity index (χ3v) is 7.56. The minimum atomic E-state index is -3.18. The molecule has 0 spiro atoms. The van der Waals surface area contributed by atoms with Gasteiger partial charge in [-0.05, 0) is 12.8 Å². The number of carbonyl (C=O) groups excluding carboxylic acids is 2. The fraction of sp³-hybridized carbons (Fsp3) is 0.882. The Morgan fingerprint density at radius 1 is 1.00 bits per heavy atom. The molecule has 2 amide bonds. The van der Waals surface area contributed by atoms with Crippen LogP contribution in [0.1, 0.15) is 32.1 Å². The topological polar surface area (TPSA) is 78.0 Å². The van der Waals surface area contributed by atoms with Crippen molar-refractivity contribution in [2.75, 3.05) is 45.2 Å². The van der Waals surface area contributed by atoms with E-state index >= 15 is 0 Å². The lowest BCUT2D eigenvalue weighted by atomic mass is 9.87. The molecule has 3 fully saturated rings. The smallest absolute Gasteiger partial charge is 0.236 e. The predicted octanol–water partition coefficient (Wildman–Crippen LogP) is -0.0353.